The molecule has 1 unspecified atom stereocenters. The van der Waals surface area contributed by atoms with E-state index in [9.17, 15) is 4.79 Å². The van der Waals surface area contributed by atoms with Gasteiger partial charge in [-0.3, -0.25) is 4.79 Å². The lowest BCUT2D eigenvalue weighted by Crippen LogP contribution is -2.37. The molecule has 0 aliphatic rings. The van der Waals surface area contributed by atoms with Crippen LogP contribution in [0.15, 0.2) is 53.1 Å². The Hall–Kier alpha value is -2.86. The fourth-order valence-electron chi connectivity index (χ4n) is 2.56. The number of ether oxygens (including phenoxy) is 1. The van der Waals surface area contributed by atoms with Crippen molar-refractivity contribution in [3.8, 4) is 17.1 Å². The fraction of sp³-hybridized carbons (Fsp3) is 0.250. The minimum Gasteiger partial charge on any atom is -0.481 e. The van der Waals surface area contributed by atoms with E-state index in [4.69, 9.17) is 20.9 Å². The van der Waals surface area contributed by atoms with E-state index in [1.165, 1.54) is 4.90 Å². The highest BCUT2D eigenvalue weighted by molar-refractivity contribution is 6.31. The Morgan fingerprint density at radius 3 is 2.70 bits per heavy atom. The summed E-state index contributed by atoms with van der Waals surface area (Å²) in [6, 6.07) is 14.8. The van der Waals surface area contributed by atoms with Crippen LogP contribution in [0, 0.1) is 6.92 Å². The maximum absolute atomic E-state index is 12.6. The number of hydrogen-bond donors (Lipinski definition) is 0. The second-order valence-corrected chi connectivity index (χ2v) is 6.65. The van der Waals surface area contributed by atoms with Gasteiger partial charge in [-0.15, -0.1) is 0 Å². The van der Waals surface area contributed by atoms with Crippen molar-refractivity contribution in [2.75, 3.05) is 7.05 Å². The molecule has 0 saturated carbocycles. The molecule has 0 aliphatic carbocycles. The van der Waals surface area contributed by atoms with Crippen molar-refractivity contribution < 1.29 is 14.1 Å². The summed E-state index contributed by atoms with van der Waals surface area (Å²) in [5.41, 5.74) is 1.75. The molecule has 1 aromatic heterocycles. The largest absolute Gasteiger partial charge is 0.481 e. The smallest absolute Gasteiger partial charge is 0.263 e. The van der Waals surface area contributed by atoms with Gasteiger partial charge in [0.25, 0.3) is 5.91 Å². The molecule has 0 aliphatic heterocycles. The normalized spacial score (nSPS) is 11.9. The number of rotatable bonds is 6. The van der Waals surface area contributed by atoms with Crippen molar-refractivity contribution in [2.24, 2.45) is 0 Å². The number of hydrogen-bond acceptors (Lipinski definition) is 5. The summed E-state index contributed by atoms with van der Waals surface area (Å²) in [6.07, 6.45) is -0.660. The molecule has 1 heterocycles. The van der Waals surface area contributed by atoms with Gasteiger partial charge in [-0.25, -0.2) is 0 Å². The Balaban J connectivity index is 1.61. The van der Waals surface area contributed by atoms with Gasteiger partial charge < -0.3 is 14.2 Å². The lowest BCUT2D eigenvalue weighted by atomic mass is 10.2. The molecular weight excluding hydrogens is 366 g/mol. The van der Waals surface area contributed by atoms with Crippen LogP contribution in [0.1, 0.15) is 18.4 Å². The van der Waals surface area contributed by atoms with Gasteiger partial charge >= 0.3 is 0 Å². The first-order chi connectivity index (χ1) is 12.9. The van der Waals surface area contributed by atoms with E-state index in [1.807, 2.05) is 37.3 Å². The van der Waals surface area contributed by atoms with Crippen molar-refractivity contribution in [1.29, 1.82) is 0 Å². The van der Waals surface area contributed by atoms with Gasteiger partial charge in [-0.2, -0.15) is 4.98 Å². The number of carbonyl (C=O) groups excluding carboxylic acids is 1. The Morgan fingerprint density at radius 2 is 2.00 bits per heavy atom. The highest BCUT2D eigenvalue weighted by Crippen LogP contribution is 2.22. The van der Waals surface area contributed by atoms with E-state index in [2.05, 4.69) is 10.1 Å². The first-order valence-electron chi connectivity index (χ1n) is 8.50. The molecule has 0 bridgehead atoms. The molecule has 0 spiro atoms. The second-order valence-electron chi connectivity index (χ2n) is 6.24. The molecule has 2 aromatic carbocycles. The minimum atomic E-state index is -0.660. The summed E-state index contributed by atoms with van der Waals surface area (Å²) in [7, 11) is 1.67. The molecule has 27 heavy (non-hydrogen) atoms. The number of aryl methyl sites for hydroxylation is 1. The van der Waals surface area contributed by atoms with Crippen LogP contribution in [0.3, 0.4) is 0 Å². The Kier molecular flexibility index (Phi) is 5.76. The van der Waals surface area contributed by atoms with Gasteiger partial charge in [0.15, 0.2) is 6.10 Å². The molecule has 1 amide bonds. The summed E-state index contributed by atoms with van der Waals surface area (Å²) < 4.78 is 11.0. The lowest BCUT2D eigenvalue weighted by molar-refractivity contribution is -0.137. The van der Waals surface area contributed by atoms with Gasteiger partial charge in [0.05, 0.1) is 6.54 Å². The molecule has 140 valence electrons. The number of amides is 1. The lowest BCUT2D eigenvalue weighted by Gasteiger charge is -2.21. The summed E-state index contributed by atoms with van der Waals surface area (Å²) in [5, 5.41) is 4.62. The van der Waals surface area contributed by atoms with Gasteiger partial charge in [0.2, 0.25) is 11.7 Å². The van der Waals surface area contributed by atoms with E-state index in [0.717, 1.165) is 11.1 Å². The average molecular weight is 386 g/mol. The highest BCUT2D eigenvalue weighted by atomic mass is 35.5. The monoisotopic (exact) mass is 385 g/mol. The zero-order valence-electron chi connectivity index (χ0n) is 15.3. The third kappa shape index (κ3) is 4.65. The van der Waals surface area contributed by atoms with Crippen molar-refractivity contribution in [2.45, 2.75) is 26.5 Å². The van der Waals surface area contributed by atoms with Crippen LogP contribution in [-0.2, 0) is 11.3 Å². The van der Waals surface area contributed by atoms with Crippen LogP contribution in [0.5, 0.6) is 5.75 Å². The molecule has 3 aromatic rings. The summed E-state index contributed by atoms with van der Waals surface area (Å²) in [5.74, 6) is 1.25. The number of halogens is 1. The molecule has 6 nitrogen and oxygen atoms in total. The first kappa shape index (κ1) is 18.9. The van der Waals surface area contributed by atoms with Crippen molar-refractivity contribution in [1.82, 2.24) is 15.0 Å². The van der Waals surface area contributed by atoms with Gasteiger partial charge in [0.1, 0.15) is 5.75 Å². The first-order valence-corrected chi connectivity index (χ1v) is 8.87. The van der Waals surface area contributed by atoms with Crippen LogP contribution < -0.4 is 4.74 Å². The Bertz CT molecular complexity index is 927. The Labute approximate surface area is 162 Å². The maximum Gasteiger partial charge on any atom is 0.263 e. The topological polar surface area (TPSA) is 68.5 Å². The summed E-state index contributed by atoms with van der Waals surface area (Å²) in [6.45, 7) is 3.78. The van der Waals surface area contributed by atoms with Gasteiger partial charge in [-0.1, -0.05) is 47.1 Å². The highest BCUT2D eigenvalue weighted by Gasteiger charge is 2.21. The fourth-order valence-corrected chi connectivity index (χ4v) is 2.68. The zero-order chi connectivity index (χ0) is 19.4. The summed E-state index contributed by atoms with van der Waals surface area (Å²) >= 11 is 6.01. The number of carbonyl (C=O) groups is 1. The van der Waals surface area contributed by atoms with E-state index < -0.39 is 6.10 Å². The van der Waals surface area contributed by atoms with Crippen molar-refractivity contribution in [3.63, 3.8) is 0 Å². The molecule has 1 atom stereocenters. The van der Waals surface area contributed by atoms with Crippen LogP contribution >= 0.6 is 11.6 Å². The third-order valence-electron chi connectivity index (χ3n) is 4.04. The van der Waals surface area contributed by atoms with E-state index >= 15 is 0 Å². The standard InChI is InChI=1S/C20H20ClN3O3/c1-13-11-16(9-10-17(13)21)26-14(2)20(25)24(3)12-18-22-19(23-27-18)15-7-5-4-6-8-15/h4-11,14H,12H2,1-3H3. The predicted octanol–water partition coefficient (Wildman–Crippen LogP) is 4.12. The van der Waals surface area contributed by atoms with Crippen LogP contribution in [0.25, 0.3) is 11.4 Å². The molecule has 0 fully saturated rings. The Morgan fingerprint density at radius 1 is 1.26 bits per heavy atom. The van der Waals surface area contributed by atoms with Crippen LogP contribution in [0.2, 0.25) is 5.02 Å². The van der Waals surface area contributed by atoms with E-state index in [1.54, 1.807) is 32.2 Å². The number of nitrogens with zero attached hydrogens (tertiary/aromatic N) is 3. The van der Waals surface area contributed by atoms with Crippen molar-refractivity contribution >= 4 is 17.5 Å². The average Bonchev–Trinajstić information content (AvgIpc) is 3.13. The molecular formula is C20H20ClN3O3. The van der Waals surface area contributed by atoms with Gasteiger partial charge in [0, 0.05) is 17.6 Å². The third-order valence-corrected chi connectivity index (χ3v) is 4.46. The molecule has 0 N–H and O–H groups in total. The molecule has 0 saturated heterocycles. The second kappa shape index (κ2) is 8.22. The quantitative estimate of drug-likeness (QED) is 0.638. The minimum absolute atomic E-state index is 0.193. The van der Waals surface area contributed by atoms with E-state index in [-0.39, 0.29) is 12.5 Å². The maximum atomic E-state index is 12.6. The summed E-state index contributed by atoms with van der Waals surface area (Å²) in [4.78, 5) is 18.4. The van der Waals surface area contributed by atoms with Crippen molar-refractivity contribution in [3.05, 3.63) is 65.0 Å². The zero-order valence-corrected chi connectivity index (χ0v) is 16.1. The number of likely N-dealkylation sites (N-methyl/N-ethyl adjacent to an activating group) is 1. The van der Waals surface area contributed by atoms with Crippen LogP contribution in [-0.4, -0.2) is 34.1 Å². The van der Waals surface area contributed by atoms with Gasteiger partial charge in [-0.05, 0) is 37.6 Å². The molecule has 3 rings (SSSR count). The molecule has 0 radical (unpaired) electrons. The molecule has 7 heteroatoms. The SMILES string of the molecule is Cc1cc(OC(C)C(=O)N(C)Cc2nc(-c3ccccc3)no2)ccc1Cl. The van der Waals surface area contributed by atoms with Crippen LogP contribution in [0.4, 0.5) is 0 Å². The number of aromatic nitrogens is 2. The van der Waals surface area contributed by atoms with E-state index in [0.29, 0.717) is 22.5 Å². The predicted molar refractivity (Wildman–Crippen MR) is 102 cm³/mol. The number of benzene rings is 2.